The fourth-order valence-electron chi connectivity index (χ4n) is 10.4. The lowest BCUT2D eigenvalue weighted by molar-refractivity contribution is -0.207. The van der Waals surface area contributed by atoms with Crippen molar-refractivity contribution < 1.29 is 20.1 Å². The van der Waals surface area contributed by atoms with Gasteiger partial charge in [0.2, 0.25) is 0 Å². The van der Waals surface area contributed by atoms with Crippen LogP contribution >= 0.6 is 0 Å². The van der Waals surface area contributed by atoms with Crippen LogP contribution in [0.5, 0.6) is 0 Å². The summed E-state index contributed by atoms with van der Waals surface area (Å²) >= 11 is 0. The van der Waals surface area contributed by atoms with Crippen LogP contribution in [-0.4, -0.2) is 33.0 Å². The topological polar surface area (TPSA) is 77.8 Å². The second kappa shape index (κ2) is 6.87. The summed E-state index contributed by atoms with van der Waals surface area (Å²) in [6.45, 7) is 13.9. The Morgan fingerprint density at radius 1 is 0.909 bits per heavy atom. The lowest BCUT2D eigenvalue weighted by Crippen LogP contribution is -2.65. The van der Waals surface area contributed by atoms with Gasteiger partial charge in [-0.15, -0.1) is 0 Å². The summed E-state index contributed by atoms with van der Waals surface area (Å²) in [4.78, 5) is 12.7. The van der Waals surface area contributed by atoms with Crippen molar-refractivity contribution >= 4 is 5.97 Å². The number of aliphatic hydroxyl groups is 2. The van der Waals surface area contributed by atoms with E-state index in [-0.39, 0.29) is 33.7 Å². The summed E-state index contributed by atoms with van der Waals surface area (Å²) in [7, 11) is 0. The molecule has 33 heavy (non-hydrogen) atoms. The molecule has 5 rings (SSSR count). The Labute approximate surface area is 200 Å². The normalized spacial score (nSPS) is 55.3. The van der Waals surface area contributed by atoms with E-state index < -0.39 is 17.0 Å². The zero-order valence-electron chi connectivity index (χ0n) is 21.7. The Morgan fingerprint density at radius 3 is 2.24 bits per heavy atom. The zero-order chi connectivity index (χ0) is 24.2. The molecule has 0 aliphatic heterocycles. The maximum absolute atomic E-state index is 12.7. The van der Waals surface area contributed by atoms with Gasteiger partial charge in [-0.1, -0.05) is 46.3 Å². The molecular formula is C29H46O4. The first kappa shape index (κ1) is 23.9. The highest BCUT2D eigenvalue weighted by molar-refractivity contribution is 5.76. The molecule has 2 unspecified atom stereocenters. The molecule has 4 fully saturated rings. The Morgan fingerprint density at radius 2 is 1.58 bits per heavy atom. The van der Waals surface area contributed by atoms with Crippen molar-refractivity contribution in [2.75, 3.05) is 0 Å². The summed E-state index contributed by atoms with van der Waals surface area (Å²) < 4.78 is 0. The highest BCUT2D eigenvalue weighted by atomic mass is 16.4. The van der Waals surface area contributed by atoms with Crippen molar-refractivity contribution in [3.63, 3.8) is 0 Å². The molecule has 0 aromatic carbocycles. The van der Waals surface area contributed by atoms with Gasteiger partial charge >= 0.3 is 5.97 Å². The van der Waals surface area contributed by atoms with Crippen LogP contribution in [0.4, 0.5) is 0 Å². The molecule has 0 saturated heterocycles. The van der Waals surface area contributed by atoms with Crippen LogP contribution in [0.1, 0.15) is 106 Å². The van der Waals surface area contributed by atoms with Gasteiger partial charge in [0.1, 0.15) is 0 Å². The van der Waals surface area contributed by atoms with Crippen LogP contribution in [0.2, 0.25) is 0 Å². The summed E-state index contributed by atoms with van der Waals surface area (Å²) in [5.41, 5.74) is 0.0807. The SMILES string of the molecule is CC1(O)CC[C@]2(C(=O)O)CC[C@]3(C)C(=CC[C@@H]4[C@@]5(C)CC[C@H](O)C(C)(C)C5CC[C@]43C)[C@H]2C1. The van der Waals surface area contributed by atoms with E-state index in [9.17, 15) is 20.1 Å². The molecule has 186 valence electrons. The summed E-state index contributed by atoms with van der Waals surface area (Å²) in [6.07, 6.45) is 10.9. The Bertz CT molecular complexity index is 888. The molecular weight excluding hydrogens is 412 g/mol. The number of rotatable bonds is 1. The predicted octanol–water partition coefficient (Wildman–Crippen LogP) is 5.96. The molecule has 9 atom stereocenters. The van der Waals surface area contributed by atoms with Gasteiger partial charge in [-0.3, -0.25) is 4.79 Å². The maximum Gasteiger partial charge on any atom is 0.310 e. The summed E-state index contributed by atoms with van der Waals surface area (Å²) in [5, 5.41) is 32.3. The zero-order valence-corrected chi connectivity index (χ0v) is 21.7. The molecule has 0 heterocycles. The molecule has 4 saturated carbocycles. The smallest absolute Gasteiger partial charge is 0.310 e. The van der Waals surface area contributed by atoms with E-state index >= 15 is 0 Å². The van der Waals surface area contributed by atoms with E-state index in [0.29, 0.717) is 31.1 Å². The number of hydrogen-bond acceptors (Lipinski definition) is 3. The molecule has 0 amide bonds. The number of fused-ring (bicyclic) bond motifs is 7. The third-order valence-electron chi connectivity index (χ3n) is 12.8. The van der Waals surface area contributed by atoms with Crippen LogP contribution in [0.3, 0.4) is 0 Å². The van der Waals surface area contributed by atoms with E-state index in [2.05, 4.69) is 40.7 Å². The maximum atomic E-state index is 12.7. The molecule has 5 aliphatic rings. The molecule has 0 bridgehead atoms. The lowest BCUT2D eigenvalue weighted by Gasteiger charge is -2.71. The monoisotopic (exact) mass is 458 g/mol. The minimum Gasteiger partial charge on any atom is -0.481 e. The lowest BCUT2D eigenvalue weighted by atomic mass is 9.33. The summed E-state index contributed by atoms with van der Waals surface area (Å²) in [6, 6.07) is 0. The number of allylic oxidation sites excluding steroid dienone is 2. The van der Waals surface area contributed by atoms with Crippen molar-refractivity contribution in [3.05, 3.63) is 11.6 Å². The van der Waals surface area contributed by atoms with Crippen LogP contribution in [0.25, 0.3) is 0 Å². The summed E-state index contributed by atoms with van der Waals surface area (Å²) in [5.74, 6) is 0.343. The first-order chi connectivity index (χ1) is 15.1. The van der Waals surface area contributed by atoms with Crippen LogP contribution in [-0.2, 0) is 4.79 Å². The minimum atomic E-state index is -0.784. The Hall–Kier alpha value is -0.870. The highest BCUT2D eigenvalue weighted by Gasteiger charge is 2.69. The second-order valence-electron chi connectivity index (χ2n) is 14.4. The van der Waals surface area contributed by atoms with E-state index in [0.717, 1.165) is 44.9 Å². The van der Waals surface area contributed by atoms with Gasteiger partial charge in [0, 0.05) is 0 Å². The number of aliphatic carboxylic acids is 1. The van der Waals surface area contributed by atoms with Gasteiger partial charge in [-0.2, -0.15) is 0 Å². The van der Waals surface area contributed by atoms with Gasteiger partial charge in [-0.05, 0) is 111 Å². The van der Waals surface area contributed by atoms with Crippen molar-refractivity contribution in [1.29, 1.82) is 0 Å². The van der Waals surface area contributed by atoms with Gasteiger partial charge in [0.25, 0.3) is 0 Å². The molecule has 0 aromatic rings. The Balaban J connectivity index is 1.60. The average Bonchev–Trinajstić information content (AvgIpc) is 2.71. The molecule has 3 N–H and O–H groups in total. The number of hydrogen-bond donors (Lipinski definition) is 3. The standard InChI is InChI=1S/C29H46O4/c1-24(2)20-9-12-28(6)21(26(20,4)11-10-22(24)30)8-7-18-19-17-25(3,33)13-15-29(19,23(31)32)16-14-27(18,28)5/h7,19-22,30,33H,8-17H2,1-6H3,(H,31,32)/t19-,20?,21-,22+,25?,26+,27-,28-,29+/m1/s1. The van der Waals surface area contributed by atoms with Gasteiger partial charge in [0.15, 0.2) is 0 Å². The van der Waals surface area contributed by atoms with Crippen molar-refractivity contribution in [2.45, 2.75) is 117 Å². The van der Waals surface area contributed by atoms with E-state index in [1.807, 2.05) is 6.92 Å². The number of carboxylic acids is 1. The average molecular weight is 459 g/mol. The van der Waals surface area contributed by atoms with Crippen molar-refractivity contribution in [1.82, 2.24) is 0 Å². The van der Waals surface area contributed by atoms with Gasteiger partial charge < -0.3 is 15.3 Å². The first-order valence-corrected chi connectivity index (χ1v) is 13.5. The third-order valence-corrected chi connectivity index (χ3v) is 12.8. The van der Waals surface area contributed by atoms with Crippen molar-refractivity contribution in [3.8, 4) is 0 Å². The molecule has 0 spiro atoms. The quantitative estimate of drug-likeness (QED) is 0.424. The number of aliphatic hydroxyl groups excluding tert-OH is 1. The van der Waals surface area contributed by atoms with Gasteiger partial charge in [-0.25, -0.2) is 0 Å². The molecule has 4 nitrogen and oxygen atoms in total. The van der Waals surface area contributed by atoms with E-state index in [4.69, 9.17) is 0 Å². The van der Waals surface area contributed by atoms with Crippen LogP contribution in [0.15, 0.2) is 11.6 Å². The fraction of sp³-hybridized carbons (Fsp3) is 0.897. The largest absolute Gasteiger partial charge is 0.481 e. The van der Waals surface area contributed by atoms with Gasteiger partial charge in [0.05, 0.1) is 17.1 Å². The highest BCUT2D eigenvalue weighted by Crippen LogP contribution is 2.75. The predicted molar refractivity (Wildman–Crippen MR) is 130 cm³/mol. The van der Waals surface area contributed by atoms with Crippen LogP contribution in [0, 0.1) is 44.8 Å². The van der Waals surface area contributed by atoms with Crippen molar-refractivity contribution in [2.24, 2.45) is 44.8 Å². The third kappa shape index (κ3) is 2.86. The first-order valence-electron chi connectivity index (χ1n) is 13.5. The molecule has 0 radical (unpaired) electrons. The van der Waals surface area contributed by atoms with Crippen LogP contribution < -0.4 is 0 Å². The number of carbonyl (C=O) groups is 1. The molecule has 0 aromatic heterocycles. The minimum absolute atomic E-state index is 0.0266. The number of carboxylic acid groups (broad SMARTS) is 1. The van der Waals surface area contributed by atoms with E-state index in [1.54, 1.807) is 0 Å². The Kier molecular flexibility index (Phi) is 4.97. The van der Waals surface area contributed by atoms with E-state index in [1.165, 1.54) is 5.57 Å². The molecule has 4 heteroatoms. The fourth-order valence-corrected chi connectivity index (χ4v) is 10.4. The molecule has 5 aliphatic carbocycles. The second-order valence-corrected chi connectivity index (χ2v) is 14.4.